The number of esters is 1. The van der Waals surface area contributed by atoms with Crippen LogP contribution in [0.2, 0.25) is 0 Å². The number of aliphatic hydroxyl groups excluding tert-OH is 2. The lowest BCUT2D eigenvalue weighted by molar-refractivity contribution is -0.319. The lowest BCUT2D eigenvalue weighted by Crippen LogP contribution is -2.61. The molecule has 1 aromatic heterocycles. The van der Waals surface area contributed by atoms with E-state index in [9.17, 15) is 24.9 Å². The number of aromatic nitrogens is 1. The molecule has 15 nitrogen and oxygen atoms in total. The molecule has 3 aliphatic heterocycles. The van der Waals surface area contributed by atoms with Crippen LogP contribution in [0.1, 0.15) is 107 Å². The number of carbonyl (C=O) groups is 2. The van der Waals surface area contributed by atoms with E-state index in [1.807, 2.05) is 84.2 Å². The fourth-order valence-corrected chi connectivity index (χ4v) is 10.6. The van der Waals surface area contributed by atoms with Crippen LogP contribution in [0, 0.1) is 23.7 Å². The van der Waals surface area contributed by atoms with Gasteiger partial charge in [0.1, 0.15) is 29.7 Å². The molecule has 3 aliphatic rings. The van der Waals surface area contributed by atoms with Gasteiger partial charge in [0.25, 0.3) is 0 Å². The standard InChI is InChI=1S/C51H80N2O13/c1-15-39-51(11,58)46(61-23-19-20-35-25-36-21-17-18-22-37(36)52-28-35)31(5)41(54)29(3)26-50(10,60-14)45(66-48-42(55)38(53(12)16-2)24-30(4)62-48)32(6)43(33(7)47(57)64-39)65-40-27-49(9,59-13)44(56)34(8)63-40/h17-22,25,28-34,38-40,42-46,48,55-56,58H,15-16,23-24,26-27H2,1-14H3/b20-19+/t29-,30-,31+,32+,33-,34+,38+,39-,40+,42-,43+,44+,45-,46-,48+,49-,50-,51-/m1/s1. The minimum absolute atomic E-state index is 0.0326. The highest BCUT2D eigenvalue weighted by molar-refractivity contribution is 5.84. The maximum atomic E-state index is 14.8. The van der Waals surface area contributed by atoms with Crippen LogP contribution in [-0.2, 0) is 47.5 Å². The largest absolute Gasteiger partial charge is 0.459 e. The summed E-state index contributed by atoms with van der Waals surface area (Å²) in [5.41, 5.74) is -2.42. The Hall–Kier alpha value is -2.93. The molecule has 2 aromatic rings. The smallest absolute Gasteiger partial charge is 0.311 e. The number of cyclic esters (lactones) is 1. The van der Waals surface area contributed by atoms with Crippen molar-refractivity contribution in [2.75, 3.05) is 34.4 Å². The fourth-order valence-electron chi connectivity index (χ4n) is 10.6. The molecule has 3 saturated heterocycles. The maximum absolute atomic E-state index is 14.8. The van der Waals surface area contributed by atoms with Crippen LogP contribution in [-0.4, -0.2) is 156 Å². The van der Waals surface area contributed by atoms with Gasteiger partial charge in [-0.2, -0.15) is 0 Å². The van der Waals surface area contributed by atoms with Gasteiger partial charge in [0, 0.05) is 56.0 Å². The summed E-state index contributed by atoms with van der Waals surface area (Å²) >= 11 is 0. The molecule has 66 heavy (non-hydrogen) atoms. The van der Waals surface area contributed by atoms with Gasteiger partial charge in [-0.25, -0.2) is 0 Å². The van der Waals surface area contributed by atoms with Crippen LogP contribution in [0.25, 0.3) is 17.0 Å². The molecule has 0 saturated carbocycles. The average molecular weight is 929 g/mol. The summed E-state index contributed by atoms with van der Waals surface area (Å²) < 4.78 is 51.6. The second kappa shape index (κ2) is 22.7. The van der Waals surface area contributed by atoms with Gasteiger partial charge in [-0.1, -0.05) is 65.0 Å². The molecule has 3 fully saturated rings. The molecule has 0 aliphatic carbocycles. The Labute approximate surface area is 392 Å². The molecule has 0 amide bonds. The first-order chi connectivity index (χ1) is 31.0. The van der Waals surface area contributed by atoms with E-state index in [0.29, 0.717) is 13.0 Å². The topological polar surface area (TPSA) is 185 Å². The van der Waals surface area contributed by atoms with Gasteiger partial charge in [-0.05, 0) is 92.1 Å². The van der Waals surface area contributed by atoms with E-state index in [0.717, 1.165) is 16.5 Å². The van der Waals surface area contributed by atoms with Crippen molar-refractivity contribution < 1.29 is 62.8 Å². The Morgan fingerprint density at radius 3 is 2.24 bits per heavy atom. The number of pyridine rings is 1. The molecule has 3 N–H and O–H groups in total. The number of methoxy groups -OCH3 is 2. The number of aliphatic hydroxyl groups is 3. The van der Waals surface area contributed by atoms with E-state index in [1.165, 1.54) is 7.11 Å². The van der Waals surface area contributed by atoms with E-state index < -0.39 is 102 Å². The maximum Gasteiger partial charge on any atom is 0.311 e. The zero-order valence-electron chi connectivity index (χ0n) is 41.8. The molecule has 15 heteroatoms. The summed E-state index contributed by atoms with van der Waals surface area (Å²) in [5, 5.41) is 36.6. The number of ketones is 1. The number of likely N-dealkylation sites (N-methyl/N-ethyl adjacent to an activating group) is 1. The van der Waals surface area contributed by atoms with Crippen molar-refractivity contribution in [3.05, 3.63) is 48.2 Å². The number of fused-ring (bicyclic) bond motifs is 1. The predicted octanol–water partition coefficient (Wildman–Crippen LogP) is 6.12. The molecular weight excluding hydrogens is 849 g/mol. The number of Topliss-reactive ketones (excluding diaryl/α,β-unsaturated/α-hetero) is 1. The monoisotopic (exact) mass is 929 g/mol. The van der Waals surface area contributed by atoms with Crippen molar-refractivity contribution in [2.45, 2.75) is 186 Å². The van der Waals surface area contributed by atoms with Crippen LogP contribution < -0.4 is 0 Å². The number of rotatable bonds is 13. The summed E-state index contributed by atoms with van der Waals surface area (Å²) in [7, 11) is 5.02. The molecule has 18 atom stereocenters. The van der Waals surface area contributed by atoms with Gasteiger partial charge >= 0.3 is 5.97 Å². The second-order valence-electron chi connectivity index (χ2n) is 19.9. The highest BCUT2D eigenvalue weighted by atomic mass is 16.7. The number of carbonyl (C=O) groups excluding carboxylic acids is 2. The third kappa shape index (κ3) is 11.9. The highest BCUT2D eigenvalue weighted by Crippen LogP contribution is 2.42. The van der Waals surface area contributed by atoms with E-state index in [-0.39, 0.29) is 43.8 Å². The minimum atomic E-state index is -1.84. The Balaban J connectivity index is 1.57. The van der Waals surface area contributed by atoms with Crippen molar-refractivity contribution in [3.63, 3.8) is 0 Å². The van der Waals surface area contributed by atoms with Gasteiger partial charge in [-0.15, -0.1) is 0 Å². The first-order valence-electron chi connectivity index (χ1n) is 23.9. The van der Waals surface area contributed by atoms with Crippen molar-refractivity contribution in [2.24, 2.45) is 23.7 Å². The number of hydrogen-bond donors (Lipinski definition) is 3. The van der Waals surface area contributed by atoms with E-state index >= 15 is 0 Å². The molecule has 0 bridgehead atoms. The third-order valence-corrected chi connectivity index (χ3v) is 14.9. The van der Waals surface area contributed by atoms with Gasteiger partial charge in [0.15, 0.2) is 12.6 Å². The quantitative estimate of drug-likeness (QED) is 0.195. The molecule has 0 unspecified atom stereocenters. The van der Waals surface area contributed by atoms with Crippen LogP contribution >= 0.6 is 0 Å². The average Bonchev–Trinajstić information content (AvgIpc) is 3.29. The number of nitrogens with zero attached hydrogens (tertiary/aromatic N) is 2. The second-order valence-corrected chi connectivity index (χ2v) is 19.9. The molecular formula is C51H80N2O13. The zero-order valence-corrected chi connectivity index (χ0v) is 41.8. The summed E-state index contributed by atoms with van der Waals surface area (Å²) in [4.78, 5) is 36.2. The fraction of sp³-hybridized carbons (Fsp3) is 0.745. The third-order valence-electron chi connectivity index (χ3n) is 14.9. The highest BCUT2D eigenvalue weighted by Gasteiger charge is 2.54. The number of ether oxygens (including phenoxy) is 8. The predicted molar refractivity (Wildman–Crippen MR) is 250 cm³/mol. The van der Waals surface area contributed by atoms with Gasteiger partial charge in [0.05, 0.1) is 59.8 Å². The van der Waals surface area contributed by atoms with Crippen LogP contribution in [0.5, 0.6) is 0 Å². The summed E-state index contributed by atoms with van der Waals surface area (Å²) in [5.74, 6) is -4.16. The first-order valence-corrected chi connectivity index (χ1v) is 23.9. The summed E-state index contributed by atoms with van der Waals surface area (Å²) in [6, 6.07) is 9.56. The lowest BCUT2D eigenvalue weighted by Gasteiger charge is -2.50. The number of benzene rings is 1. The Morgan fingerprint density at radius 2 is 1.59 bits per heavy atom. The van der Waals surface area contributed by atoms with E-state index in [1.54, 1.807) is 54.8 Å². The number of para-hydroxylation sites is 1. The van der Waals surface area contributed by atoms with Crippen molar-refractivity contribution in [1.29, 1.82) is 0 Å². The van der Waals surface area contributed by atoms with Crippen LogP contribution in [0.4, 0.5) is 0 Å². The molecule has 0 spiro atoms. The Morgan fingerprint density at radius 1 is 0.909 bits per heavy atom. The van der Waals surface area contributed by atoms with Crippen molar-refractivity contribution in [3.8, 4) is 0 Å². The first kappa shape index (κ1) is 54.0. The van der Waals surface area contributed by atoms with Crippen LogP contribution in [0.3, 0.4) is 0 Å². The Kier molecular flexibility index (Phi) is 18.5. The van der Waals surface area contributed by atoms with E-state index in [2.05, 4.69) is 9.88 Å². The van der Waals surface area contributed by atoms with E-state index in [4.69, 9.17) is 37.9 Å². The van der Waals surface area contributed by atoms with Gasteiger partial charge in [0.2, 0.25) is 0 Å². The van der Waals surface area contributed by atoms with Gasteiger partial charge < -0.3 is 58.1 Å². The summed E-state index contributed by atoms with van der Waals surface area (Å²) in [6.45, 7) is 20.5. The Bertz CT molecular complexity index is 1930. The SMILES string of the molecule is CC[C@H]1OC(=O)[C@H](C)[C@@H](O[C@H]2C[C@@](C)(OC)[C@@H](O)[C@H](C)O2)[C@H](C)[C@@H](O[C@@H]2O[C@H](C)C[C@H](N(C)CC)[C@H]2O)[C@](C)(OC)C[C@@H](C)C(=O)[C@H](C)[C@@H](OC/C=C/c2cnc3ccccc3c2)[C@]1(C)O. The normalized spacial score (nSPS) is 41.3. The summed E-state index contributed by atoms with van der Waals surface area (Å²) in [6.07, 6.45) is -2.78. The molecule has 4 heterocycles. The van der Waals surface area contributed by atoms with Crippen LogP contribution in [0.15, 0.2) is 42.6 Å². The molecule has 0 radical (unpaired) electrons. The zero-order chi connectivity index (χ0) is 48.9. The molecule has 372 valence electrons. The number of hydrogen-bond acceptors (Lipinski definition) is 15. The molecule has 5 rings (SSSR count). The van der Waals surface area contributed by atoms with Gasteiger partial charge in [-0.3, -0.25) is 14.6 Å². The lowest BCUT2D eigenvalue weighted by atomic mass is 9.73. The van der Waals surface area contributed by atoms with Crippen molar-refractivity contribution in [1.82, 2.24) is 9.88 Å². The minimum Gasteiger partial charge on any atom is -0.459 e. The van der Waals surface area contributed by atoms with Crippen molar-refractivity contribution >= 4 is 28.7 Å². The molecule has 1 aromatic carbocycles.